The lowest BCUT2D eigenvalue weighted by atomic mass is 10.0. The van der Waals surface area contributed by atoms with Gasteiger partial charge in [0.2, 0.25) is 0 Å². The summed E-state index contributed by atoms with van der Waals surface area (Å²) in [4.78, 5) is 12.5. The molecule has 0 fully saturated rings. The average molecular weight is 338 g/mol. The zero-order valence-corrected chi connectivity index (χ0v) is 14.6. The number of carbonyl (C=O) groups is 1. The third kappa shape index (κ3) is 3.37. The van der Waals surface area contributed by atoms with E-state index in [0.29, 0.717) is 29.2 Å². The number of rotatable bonds is 5. The van der Waals surface area contributed by atoms with Gasteiger partial charge in [0, 0.05) is 24.5 Å². The lowest BCUT2D eigenvalue weighted by Crippen LogP contribution is -2.18. The van der Waals surface area contributed by atoms with Gasteiger partial charge in [0.05, 0.1) is 11.7 Å². The fraction of sp³-hybridized carbons (Fsp3) is 0.250. The van der Waals surface area contributed by atoms with E-state index in [2.05, 4.69) is 5.32 Å². The summed E-state index contributed by atoms with van der Waals surface area (Å²) in [7, 11) is 1.61. The standard InChI is InChI=1S/C20H22N2O3/c1-12(2)24-15-8-9-17-16(10-15)18(20(23)22-3)19(25-17)14-6-4-13(11-21)5-7-14/h4-10,12H,11,21H2,1-3H3,(H,22,23). The predicted molar refractivity (Wildman–Crippen MR) is 98.7 cm³/mol. The van der Waals surface area contributed by atoms with Crippen molar-refractivity contribution in [2.24, 2.45) is 5.73 Å². The molecule has 0 aliphatic heterocycles. The summed E-state index contributed by atoms with van der Waals surface area (Å²) >= 11 is 0. The first-order valence-electron chi connectivity index (χ1n) is 8.28. The maximum Gasteiger partial charge on any atom is 0.255 e. The van der Waals surface area contributed by atoms with Crippen LogP contribution in [-0.4, -0.2) is 19.1 Å². The van der Waals surface area contributed by atoms with Gasteiger partial charge in [-0.25, -0.2) is 0 Å². The van der Waals surface area contributed by atoms with Crippen LogP contribution in [-0.2, 0) is 6.54 Å². The molecule has 3 N–H and O–H groups in total. The molecule has 1 heterocycles. The van der Waals surface area contributed by atoms with Gasteiger partial charge in [-0.3, -0.25) is 4.79 Å². The zero-order chi connectivity index (χ0) is 18.0. The summed E-state index contributed by atoms with van der Waals surface area (Å²) in [5.74, 6) is 1.05. The van der Waals surface area contributed by atoms with Gasteiger partial charge in [0.1, 0.15) is 17.1 Å². The number of hydrogen-bond acceptors (Lipinski definition) is 4. The first-order chi connectivity index (χ1) is 12.0. The van der Waals surface area contributed by atoms with Crippen molar-refractivity contribution < 1.29 is 13.9 Å². The number of fused-ring (bicyclic) bond motifs is 1. The summed E-state index contributed by atoms with van der Waals surface area (Å²) in [5, 5.41) is 3.42. The Hall–Kier alpha value is -2.79. The van der Waals surface area contributed by atoms with E-state index in [-0.39, 0.29) is 12.0 Å². The molecule has 0 spiro atoms. The lowest BCUT2D eigenvalue weighted by Gasteiger charge is -2.09. The van der Waals surface area contributed by atoms with Crippen LogP contribution in [0.25, 0.3) is 22.3 Å². The number of hydrogen-bond donors (Lipinski definition) is 2. The Bertz CT molecular complexity index is 895. The number of nitrogens with two attached hydrogens (primary N) is 1. The second kappa shape index (κ2) is 6.99. The van der Waals surface area contributed by atoms with E-state index < -0.39 is 0 Å². The molecular weight excluding hydrogens is 316 g/mol. The minimum atomic E-state index is -0.196. The molecule has 0 bridgehead atoms. The van der Waals surface area contributed by atoms with Crippen LogP contribution < -0.4 is 15.8 Å². The molecule has 3 aromatic rings. The van der Waals surface area contributed by atoms with E-state index in [9.17, 15) is 4.79 Å². The molecule has 0 atom stereocenters. The van der Waals surface area contributed by atoms with Crippen molar-refractivity contribution >= 4 is 16.9 Å². The summed E-state index contributed by atoms with van der Waals surface area (Å²) in [5.41, 5.74) is 8.66. The van der Waals surface area contributed by atoms with Crippen LogP contribution in [0.3, 0.4) is 0 Å². The van der Waals surface area contributed by atoms with Crippen LogP contribution in [0.1, 0.15) is 29.8 Å². The SMILES string of the molecule is CNC(=O)c1c(-c2ccc(CN)cc2)oc2ccc(OC(C)C)cc12. The van der Waals surface area contributed by atoms with Crippen molar-refractivity contribution in [3.8, 4) is 17.1 Å². The van der Waals surface area contributed by atoms with Gasteiger partial charge in [-0.2, -0.15) is 0 Å². The molecule has 0 saturated carbocycles. The van der Waals surface area contributed by atoms with E-state index in [1.807, 2.05) is 56.3 Å². The molecule has 0 aliphatic carbocycles. The maximum absolute atomic E-state index is 12.5. The van der Waals surface area contributed by atoms with Crippen molar-refractivity contribution in [2.45, 2.75) is 26.5 Å². The first kappa shape index (κ1) is 17.0. The molecular formula is C20H22N2O3. The van der Waals surface area contributed by atoms with Gasteiger partial charge in [0.25, 0.3) is 5.91 Å². The predicted octanol–water partition coefficient (Wildman–Crippen LogP) is 3.71. The van der Waals surface area contributed by atoms with Crippen LogP contribution in [0.15, 0.2) is 46.9 Å². The highest BCUT2D eigenvalue weighted by Gasteiger charge is 2.22. The van der Waals surface area contributed by atoms with Gasteiger partial charge < -0.3 is 20.2 Å². The fourth-order valence-electron chi connectivity index (χ4n) is 2.77. The highest BCUT2D eigenvalue weighted by atomic mass is 16.5. The Morgan fingerprint density at radius 1 is 1.20 bits per heavy atom. The van der Waals surface area contributed by atoms with Crippen LogP contribution in [0, 0.1) is 0 Å². The lowest BCUT2D eigenvalue weighted by molar-refractivity contribution is 0.0964. The molecule has 2 aromatic carbocycles. The highest BCUT2D eigenvalue weighted by Crippen LogP contribution is 2.35. The number of ether oxygens (including phenoxy) is 1. The Labute approximate surface area is 146 Å². The second-order valence-corrected chi connectivity index (χ2v) is 6.11. The molecule has 0 saturated heterocycles. The number of benzene rings is 2. The van der Waals surface area contributed by atoms with E-state index in [1.54, 1.807) is 7.05 Å². The topological polar surface area (TPSA) is 77.5 Å². The Morgan fingerprint density at radius 3 is 2.52 bits per heavy atom. The number of furan rings is 1. The quantitative estimate of drug-likeness (QED) is 0.743. The summed E-state index contributed by atoms with van der Waals surface area (Å²) in [6.45, 7) is 4.39. The van der Waals surface area contributed by atoms with E-state index in [4.69, 9.17) is 14.9 Å². The molecule has 0 aliphatic rings. The summed E-state index contributed by atoms with van der Waals surface area (Å²) < 4.78 is 11.7. The number of nitrogens with one attached hydrogen (secondary N) is 1. The maximum atomic E-state index is 12.5. The molecule has 5 heteroatoms. The largest absolute Gasteiger partial charge is 0.491 e. The van der Waals surface area contributed by atoms with Crippen molar-refractivity contribution in [3.63, 3.8) is 0 Å². The molecule has 0 radical (unpaired) electrons. The van der Waals surface area contributed by atoms with Crippen LogP contribution in [0.2, 0.25) is 0 Å². The third-order valence-electron chi connectivity index (χ3n) is 3.94. The minimum Gasteiger partial charge on any atom is -0.491 e. The smallest absolute Gasteiger partial charge is 0.255 e. The average Bonchev–Trinajstić information content (AvgIpc) is 2.99. The third-order valence-corrected chi connectivity index (χ3v) is 3.94. The van der Waals surface area contributed by atoms with Gasteiger partial charge in [-0.05, 0) is 37.6 Å². The van der Waals surface area contributed by atoms with E-state index >= 15 is 0 Å². The second-order valence-electron chi connectivity index (χ2n) is 6.11. The van der Waals surface area contributed by atoms with Crippen LogP contribution >= 0.6 is 0 Å². The Morgan fingerprint density at radius 2 is 1.92 bits per heavy atom. The van der Waals surface area contributed by atoms with Crippen LogP contribution in [0.5, 0.6) is 5.75 Å². The minimum absolute atomic E-state index is 0.0519. The molecule has 0 unspecified atom stereocenters. The molecule has 130 valence electrons. The highest BCUT2D eigenvalue weighted by molar-refractivity contribution is 6.11. The van der Waals surface area contributed by atoms with Crippen LogP contribution in [0.4, 0.5) is 0 Å². The number of amides is 1. The van der Waals surface area contributed by atoms with Crippen molar-refractivity contribution in [1.29, 1.82) is 0 Å². The van der Waals surface area contributed by atoms with Crippen molar-refractivity contribution in [3.05, 3.63) is 53.6 Å². The first-order valence-corrected chi connectivity index (χ1v) is 8.28. The Kier molecular flexibility index (Phi) is 4.76. The molecule has 1 amide bonds. The summed E-state index contributed by atoms with van der Waals surface area (Å²) in [6.07, 6.45) is 0.0519. The molecule has 1 aromatic heterocycles. The number of carbonyl (C=O) groups excluding carboxylic acids is 1. The monoisotopic (exact) mass is 338 g/mol. The Balaban J connectivity index is 2.18. The molecule has 25 heavy (non-hydrogen) atoms. The summed E-state index contributed by atoms with van der Waals surface area (Å²) in [6, 6.07) is 13.2. The normalized spacial score (nSPS) is 11.1. The fourth-order valence-corrected chi connectivity index (χ4v) is 2.77. The molecule has 5 nitrogen and oxygen atoms in total. The van der Waals surface area contributed by atoms with Gasteiger partial charge in [-0.15, -0.1) is 0 Å². The van der Waals surface area contributed by atoms with Gasteiger partial charge in [-0.1, -0.05) is 24.3 Å². The van der Waals surface area contributed by atoms with Crippen molar-refractivity contribution in [1.82, 2.24) is 5.32 Å². The van der Waals surface area contributed by atoms with Gasteiger partial charge in [0.15, 0.2) is 0 Å². The van der Waals surface area contributed by atoms with Crippen molar-refractivity contribution in [2.75, 3.05) is 7.05 Å². The van der Waals surface area contributed by atoms with E-state index in [1.165, 1.54) is 0 Å². The zero-order valence-electron chi connectivity index (χ0n) is 14.6. The molecule has 3 rings (SSSR count). The van der Waals surface area contributed by atoms with Gasteiger partial charge >= 0.3 is 0 Å². The van der Waals surface area contributed by atoms with E-state index in [0.717, 1.165) is 16.5 Å².